The van der Waals surface area contributed by atoms with Crippen molar-refractivity contribution in [2.24, 2.45) is 0 Å². The molecule has 2 fully saturated rings. The Kier molecular flexibility index (Phi) is 7.08. The highest BCUT2D eigenvalue weighted by molar-refractivity contribution is 5.92. The molecule has 0 aromatic carbocycles. The molecular formula is C20H31N5O3. The summed E-state index contributed by atoms with van der Waals surface area (Å²) in [5.41, 5.74) is 1.50. The fraction of sp³-hybridized carbons (Fsp3) is 0.650. The van der Waals surface area contributed by atoms with Crippen molar-refractivity contribution in [3.63, 3.8) is 0 Å². The topological polar surface area (TPSA) is 78.0 Å². The van der Waals surface area contributed by atoms with Crippen LogP contribution in [0.3, 0.4) is 0 Å². The number of carbonyl (C=O) groups is 2. The number of nitrogens with zero attached hydrogens (tertiary/aromatic N) is 4. The number of rotatable bonds is 5. The zero-order valence-corrected chi connectivity index (χ0v) is 16.9. The van der Waals surface area contributed by atoms with Crippen LogP contribution in [0.2, 0.25) is 0 Å². The lowest BCUT2D eigenvalue weighted by atomic mass is 10.1. The predicted octanol–water partition coefficient (Wildman–Crippen LogP) is 1.57. The lowest BCUT2D eigenvalue weighted by Gasteiger charge is -2.35. The minimum absolute atomic E-state index is 0.0572. The van der Waals surface area contributed by atoms with Crippen molar-refractivity contribution >= 4 is 17.7 Å². The quantitative estimate of drug-likeness (QED) is 0.824. The summed E-state index contributed by atoms with van der Waals surface area (Å²) in [6.45, 7) is 10.7. The molecule has 1 aromatic heterocycles. The van der Waals surface area contributed by atoms with Gasteiger partial charge in [-0.3, -0.25) is 4.79 Å². The summed E-state index contributed by atoms with van der Waals surface area (Å²) in [6.07, 6.45) is 2.97. The number of nitrogens with one attached hydrogen (secondary N) is 1. The van der Waals surface area contributed by atoms with E-state index in [0.717, 1.165) is 51.3 Å². The molecule has 0 bridgehead atoms. The minimum atomic E-state index is -0.274. The molecule has 0 saturated carbocycles. The summed E-state index contributed by atoms with van der Waals surface area (Å²) >= 11 is 0. The summed E-state index contributed by atoms with van der Waals surface area (Å²) < 4.78 is 5.02. The second-order valence-corrected chi connectivity index (χ2v) is 7.26. The molecule has 1 N–H and O–H groups in total. The van der Waals surface area contributed by atoms with Crippen molar-refractivity contribution in [2.75, 3.05) is 57.3 Å². The molecule has 8 nitrogen and oxygen atoms in total. The number of aromatic nitrogens is 1. The van der Waals surface area contributed by atoms with Gasteiger partial charge in [0.05, 0.1) is 18.5 Å². The zero-order valence-electron chi connectivity index (χ0n) is 16.9. The van der Waals surface area contributed by atoms with Crippen LogP contribution in [-0.2, 0) is 4.74 Å². The molecule has 3 rings (SSSR count). The number of hydrogen-bond donors (Lipinski definition) is 1. The number of piperidine rings is 1. The highest BCUT2D eigenvalue weighted by Crippen LogP contribution is 2.16. The molecule has 8 heteroatoms. The number of piperazine rings is 1. The molecule has 154 valence electrons. The van der Waals surface area contributed by atoms with Crippen LogP contribution in [0, 0.1) is 0 Å². The highest BCUT2D eigenvalue weighted by Gasteiger charge is 2.25. The molecule has 2 amide bonds. The Morgan fingerprint density at radius 1 is 1.11 bits per heavy atom. The van der Waals surface area contributed by atoms with Crippen molar-refractivity contribution in [1.82, 2.24) is 20.1 Å². The van der Waals surface area contributed by atoms with E-state index in [2.05, 4.69) is 27.0 Å². The van der Waals surface area contributed by atoms with Crippen molar-refractivity contribution in [1.29, 1.82) is 0 Å². The molecule has 0 unspecified atom stereocenters. The van der Waals surface area contributed by atoms with Gasteiger partial charge in [0.15, 0.2) is 0 Å². The van der Waals surface area contributed by atoms with Gasteiger partial charge in [0.1, 0.15) is 5.69 Å². The van der Waals surface area contributed by atoms with Gasteiger partial charge in [0.25, 0.3) is 5.91 Å². The lowest BCUT2D eigenvalue weighted by Crippen LogP contribution is -2.47. The van der Waals surface area contributed by atoms with Gasteiger partial charge >= 0.3 is 6.09 Å². The van der Waals surface area contributed by atoms with E-state index in [1.54, 1.807) is 24.1 Å². The van der Waals surface area contributed by atoms with Crippen molar-refractivity contribution in [3.8, 4) is 0 Å². The van der Waals surface area contributed by atoms with Gasteiger partial charge in [-0.1, -0.05) is 6.92 Å². The van der Waals surface area contributed by atoms with Crippen LogP contribution < -0.4 is 10.2 Å². The minimum Gasteiger partial charge on any atom is -0.450 e. The fourth-order valence-electron chi connectivity index (χ4n) is 3.71. The van der Waals surface area contributed by atoms with Gasteiger partial charge in [0, 0.05) is 45.3 Å². The summed E-state index contributed by atoms with van der Waals surface area (Å²) in [5.74, 6) is -0.156. The van der Waals surface area contributed by atoms with E-state index in [0.29, 0.717) is 25.4 Å². The lowest BCUT2D eigenvalue weighted by molar-refractivity contribution is 0.0856. The van der Waals surface area contributed by atoms with E-state index in [1.165, 1.54) is 0 Å². The van der Waals surface area contributed by atoms with E-state index in [1.807, 2.05) is 6.07 Å². The Balaban J connectivity index is 1.47. The molecule has 0 aliphatic carbocycles. The second kappa shape index (κ2) is 9.73. The number of anilines is 1. The number of hydrogen-bond acceptors (Lipinski definition) is 6. The van der Waals surface area contributed by atoms with Gasteiger partial charge in [-0.25, -0.2) is 9.78 Å². The SMILES string of the molecule is CCOC(=O)N1CCC(NC(=O)c2ccc(N3CCN(CC)CC3)cn2)CC1. The first-order valence-corrected chi connectivity index (χ1v) is 10.3. The summed E-state index contributed by atoms with van der Waals surface area (Å²) in [4.78, 5) is 35.1. The van der Waals surface area contributed by atoms with E-state index in [-0.39, 0.29) is 18.0 Å². The maximum Gasteiger partial charge on any atom is 0.409 e. The van der Waals surface area contributed by atoms with Gasteiger partial charge in [0.2, 0.25) is 0 Å². The van der Waals surface area contributed by atoms with Crippen LogP contribution in [0.1, 0.15) is 37.2 Å². The molecule has 3 heterocycles. The van der Waals surface area contributed by atoms with Gasteiger partial charge in [-0.05, 0) is 38.4 Å². The Morgan fingerprint density at radius 3 is 2.39 bits per heavy atom. The van der Waals surface area contributed by atoms with Crippen LogP contribution in [0.4, 0.5) is 10.5 Å². The normalized spacial score (nSPS) is 18.8. The second-order valence-electron chi connectivity index (χ2n) is 7.26. The number of carbonyl (C=O) groups excluding carboxylic acids is 2. The third kappa shape index (κ3) is 5.13. The molecule has 2 aliphatic heterocycles. The van der Waals surface area contributed by atoms with E-state index in [9.17, 15) is 9.59 Å². The van der Waals surface area contributed by atoms with E-state index in [4.69, 9.17) is 4.74 Å². The van der Waals surface area contributed by atoms with E-state index < -0.39 is 0 Å². The molecule has 2 saturated heterocycles. The highest BCUT2D eigenvalue weighted by atomic mass is 16.6. The van der Waals surface area contributed by atoms with Crippen molar-refractivity contribution < 1.29 is 14.3 Å². The Labute approximate surface area is 166 Å². The van der Waals surface area contributed by atoms with Crippen molar-refractivity contribution in [3.05, 3.63) is 24.0 Å². The first-order chi connectivity index (χ1) is 13.6. The van der Waals surface area contributed by atoms with Crippen LogP contribution >= 0.6 is 0 Å². The molecular weight excluding hydrogens is 358 g/mol. The smallest absolute Gasteiger partial charge is 0.409 e. The number of likely N-dealkylation sites (tertiary alicyclic amines) is 1. The molecule has 0 atom stereocenters. The van der Waals surface area contributed by atoms with Crippen LogP contribution in [0.25, 0.3) is 0 Å². The van der Waals surface area contributed by atoms with E-state index >= 15 is 0 Å². The molecule has 0 spiro atoms. The van der Waals surface area contributed by atoms with Gasteiger partial charge in [-0.2, -0.15) is 0 Å². The first-order valence-electron chi connectivity index (χ1n) is 10.3. The predicted molar refractivity (Wildman–Crippen MR) is 108 cm³/mol. The number of pyridine rings is 1. The maximum atomic E-state index is 12.5. The standard InChI is InChI=1S/C20H31N5O3/c1-3-23-11-13-24(14-12-23)17-5-6-18(21-15-17)19(26)22-16-7-9-25(10-8-16)20(27)28-4-2/h5-6,15-16H,3-4,7-14H2,1-2H3,(H,22,26). The van der Waals surface area contributed by atoms with Crippen molar-refractivity contribution in [2.45, 2.75) is 32.7 Å². The summed E-state index contributed by atoms with van der Waals surface area (Å²) in [5, 5.41) is 3.04. The Morgan fingerprint density at radius 2 is 1.82 bits per heavy atom. The first kappa shape index (κ1) is 20.4. The maximum absolute atomic E-state index is 12.5. The average molecular weight is 390 g/mol. The third-order valence-electron chi connectivity index (χ3n) is 5.52. The Bertz CT molecular complexity index is 650. The molecule has 2 aliphatic rings. The number of likely N-dealkylation sites (N-methyl/N-ethyl adjacent to an activating group) is 1. The van der Waals surface area contributed by atoms with Crippen LogP contribution in [-0.4, -0.2) is 85.2 Å². The molecule has 28 heavy (non-hydrogen) atoms. The van der Waals surface area contributed by atoms with Gasteiger partial charge < -0.3 is 24.8 Å². The molecule has 0 radical (unpaired) electrons. The zero-order chi connectivity index (χ0) is 19.9. The summed E-state index contributed by atoms with van der Waals surface area (Å²) in [7, 11) is 0. The molecule has 1 aromatic rings. The van der Waals surface area contributed by atoms with Crippen LogP contribution in [0.15, 0.2) is 18.3 Å². The fourth-order valence-corrected chi connectivity index (χ4v) is 3.71. The Hall–Kier alpha value is -2.35. The monoisotopic (exact) mass is 389 g/mol. The van der Waals surface area contributed by atoms with Crippen LogP contribution in [0.5, 0.6) is 0 Å². The summed E-state index contributed by atoms with van der Waals surface area (Å²) in [6, 6.07) is 3.83. The number of ether oxygens (including phenoxy) is 1. The third-order valence-corrected chi connectivity index (χ3v) is 5.52. The van der Waals surface area contributed by atoms with Gasteiger partial charge in [-0.15, -0.1) is 0 Å². The largest absolute Gasteiger partial charge is 0.450 e. The average Bonchev–Trinajstić information content (AvgIpc) is 2.74. The number of amides is 2.